The quantitative estimate of drug-likeness (QED) is 0.717. The molecule has 0 amide bonds. The molecule has 0 bridgehead atoms. The van der Waals surface area contributed by atoms with Crippen molar-refractivity contribution in [2.45, 2.75) is 6.10 Å². The van der Waals surface area contributed by atoms with E-state index in [2.05, 4.69) is 33.4 Å². The number of rotatable bonds is 4. The molecule has 0 saturated carbocycles. The molecule has 21 heavy (non-hydrogen) atoms. The van der Waals surface area contributed by atoms with Crippen molar-refractivity contribution in [3.05, 3.63) is 76.8 Å². The van der Waals surface area contributed by atoms with Crippen LogP contribution in [0.4, 0.5) is 5.69 Å². The Morgan fingerprint density at radius 3 is 2.43 bits per heavy atom. The molecular weight excluding hydrogens is 326 g/mol. The van der Waals surface area contributed by atoms with E-state index in [-0.39, 0.29) is 0 Å². The fourth-order valence-electron chi connectivity index (χ4n) is 2.34. The Hall–Kier alpha value is -1.84. The highest BCUT2D eigenvalue weighted by Crippen LogP contribution is 2.24. The minimum absolute atomic E-state index is 0.473. The van der Waals surface area contributed by atoms with Crippen LogP contribution >= 0.6 is 15.9 Å². The number of anilines is 1. The average molecular weight is 342 g/mol. The fraction of sp³-hybridized carbons (Fsp3) is 0.111. The summed E-state index contributed by atoms with van der Waals surface area (Å²) in [6.07, 6.45) is -0.540. The van der Waals surface area contributed by atoms with Gasteiger partial charge < -0.3 is 10.4 Å². The molecule has 0 aliphatic heterocycles. The van der Waals surface area contributed by atoms with E-state index in [0.717, 1.165) is 21.1 Å². The third-order valence-electron chi connectivity index (χ3n) is 3.52. The van der Waals surface area contributed by atoms with Crippen LogP contribution in [-0.2, 0) is 0 Å². The van der Waals surface area contributed by atoms with E-state index in [1.165, 1.54) is 5.39 Å². The normalized spacial score (nSPS) is 12.3. The Labute approximate surface area is 132 Å². The molecule has 2 N–H and O–H groups in total. The molecule has 3 heteroatoms. The van der Waals surface area contributed by atoms with E-state index < -0.39 is 6.10 Å². The van der Waals surface area contributed by atoms with Crippen LogP contribution in [0.5, 0.6) is 0 Å². The van der Waals surface area contributed by atoms with E-state index in [9.17, 15) is 5.11 Å². The summed E-state index contributed by atoms with van der Waals surface area (Å²) in [6, 6.07) is 22.1. The predicted molar refractivity (Wildman–Crippen MR) is 91.5 cm³/mol. The number of para-hydroxylation sites is 1. The van der Waals surface area contributed by atoms with E-state index >= 15 is 0 Å². The lowest BCUT2D eigenvalue weighted by Crippen LogP contribution is -2.12. The van der Waals surface area contributed by atoms with Gasteiger partial charge in [-0.3, -0.25) is 0 Å². The Kier molecular flexibility index (Phi) is 4.23. The first-order valence-electron chi connectivity index (χ1n) is 6.89. The summed E-state index contributed by atoms with van der Waals surface area (Å²) in [5.74, 6) is 0. The maximum Gasteiger partial charge on any atom is 0.0962 e. The summed E-state index contributed by atoms with van der Waals surface area (Å²) in [6.45, 7) is 0.473. The molecule has 3 rings (SSSR count). The van der Waals surface area contributed by atoms with Gasteiger partial charge in [-0.2, -0.15) is 0 Å². The van der Waals surface area contributed by atoms with Crippen molar-refractivity contribution in [3.8, 4) is 0 Å². The van der Waals surface area contributed by atoms with Gasteiger partial charge in [-0.25, -0.2) is 0 Å². The molecule has 2 nitrogen and oxygen atoms in total. The number of nitrogens with one attached hydrogen (secondary N) is 1. The molecule has 0 heterocycles. The highest BCUT2D eigenvalue weighted by molar-refractivity contribution is 9.10. The van der Waals surface area contributed by atoms with Gasteiger partial charge in [0.2, 0.25) is 0 Å². The van der Waals surface area contributed by atoms with Crippen LogP contribution in [0.3, 0.4) is 0 Å². The highest BCUT2D eigenvalue weighted by Gasteiger charge is 2.08. The molecular formula is C18H16BrNO. The number of aliphatic hydroxyl groups excluding tert-OH is 1. The van der Waals surface area contributed by atoms with Gasteiger partial charge in [0.15, 0.2) is 0 Å². The number of hydrogen-bond donors (Lipinski definition) is 2. The molecule has 1 unspecified atom stereocenters. The van der Waals surface area contributed by atoms with Gasteiger partial charge in [-0.15, -0.1) is 0 Å². The molecule has 0 aromatic heterocycles. The first-order chi connectivity index (χ1) is 10.2. The maximum absolute atomic E-state index is 10.4. The SMILES string of the molecule is OC(CNc1ccccc1Br)c1ccc2ccccc2c1. The first kappa shape index (κ1) is 14.1. The summed E-state index contributed by atoms with van der Waals surface area (Å²) in [5, 5.41) is 16.0. The molecule has 0 radical (unpaired) electrons. The third kappa shape index (κ3) is 3.26. The predicted octanol–water partition coefficient (Wildman–Crippen LogP) is 4.75. The van der Waals surface area contributed by atoms with E-state index in [1.807, 2.05) is 54.6 Å². The molecule has 3 aromatic rings. The van der Waals surface area contributed by atoms with Crippen molar-refractivity contribution in [1.29, 1.82) is 0 Å². The van der Waals surface area contributed by atoms with Gasteiger partial charge in [0.25, 0.3) is 0 Å². The lowest BCUT2D eigenvalue weighted by molar-refractivity contribution is 0.192. The largest absolute Gasteiger partial charge is 0.387 e. The summed E-state index contributed by atoms with van der Waals surface area (Å²) in [5.41, 5.74) is 1.91. The monoisotopic (exact) mass is 341 g/mol. The van der Waals surface area contributed by atoms with Crippen LogP contribution in [0.25, 0.3) is 10.8 Å². The lowest BCUT2D eigenvalue weighted by Gasteiger charge is -2.14. The molecule has 1 atom stereocenters. The van der Waals surface area contributed by atoms with Crippen LogP contribution in [0.2, 0.25) is 0 Å². The summed E-state index contributed by atoms with van der Waals surface area (Å²) >= 11 is 3.49. The van der Waals surface area contributed by atoms with Gasteiger partial charge in [0.1, 0.15) is 0 Å². The Balaban J connectivity index is 1.75. The first-order valence-corrected chi connectivity index (χ1v) is 7.68. The van der Waals surface area contributed by atoms with Crippen molar-refractivity contribution in [2.24, 2.45) is 0 Å². The number of hydrogen-bond acceptors (Lipinski definition) is 2. The zero-order valence-electron chi connectivity index (χ0n) is 11.5. The zero-order chi connectivity index (χ0) is 14.7. The van der Waals surface area contributed by atoms with Crippen LogP contribution in [0.1, 0.15) is 11.7 Å². The standard InChI is InChI=1S/C18H16BrNO/c19-16-7-3-4-8-17(16)20-12-18(21)15-10-9-13-5-1-2-6-14(13)11-15/h1-11,18,20-21H,12H2. The smallest absolute Gasteiger partial charge is 0.0962 e. The Bertz CT molecular complexity index is 757. The van der Waals surface area contributed by atoms with Gasteiger partial charge >= 0.3 is 0 Å². The van der Waals surface area contributed by atoms with Crippen LogP contribution in [0.15, 0.2) is 71.2 Å². The molecule has 0 spiro atoms. The van der Waals surface area contributed by atoms with Crippen molar-refractivity contribution in [3.63, 3.8) is 0 Å². The molecule has 106 valence electrons. The van der Waals surface area contributed by atoms with Crippen molar-refractivity contribution < 1.29 is 5.11 Å². The topological polar surface area (TPSA) is 32.3 Å². The van der Waals surface area contributed by atoms with Crippen molar-refractivity contribution in [2.75, 3.05) is 11.9 Å². The maximum atomic E-state index is 10.4. The van der Waals surface area contributed by atoms with Crippen LogP contribution in [-0.4, -0.2) is 11.7 Å². The van der Waals surface area contributed by atoms with E-state index in [0.29, 0.717) is 6.54 Å². The molecule has 0 aliphatic rings. The minimum atomic E-state index is -0.540. The average Bonchev–Trinajstić information content (AvgIpc) is 2.53. The van der Waals surface area contributed by atoms with Crippen LogP contribution in [0, 0.1) is 0 Å². The summed E-state index contributed by atoms with van der Waals surface area (Å²) < 4.78 is 0.996. The molecule has 3 aromatic carbocycles. The zero-order valence-corrected chi connectivity index (χ0v) is 13.0. The Morgan fingerprint density at radius 1 is 0.905 bits per heavy atom. The van der Waals surface area contributed by atoms with E-state index in [1.54, 1.807) is 0 Å². The van der Waals surface area contributed by atoms with Crippen LogP contribution < -0.4 is 5.32 Å². The Morgan fingerprint density at radius 2 is 1.62 bits per heavy atom. The van der Waals surface area contributed by atoms with Gasteiger partial charge in [0.05, 0.1) is 6.10 Å². The molecule has 0 aliphatic carbocycles. The van der Waals surface area contributed by atoms with Crippen molar-refractivity contribution >= 4 is 32.4 Å². The second-order valence-electron chi connectivity index (χ2n) is 4.98. The molecule has 0 fully saturated rings. The number of fused-ring (bicyclic) bond motifs is 1. The fourth-order valence-corrected chi connectivity index (χ4v) is 2.77. The van der Waals surface area contributed by atoms with Gasteiger partial charge in [0, 0.05) is 16.7 Å². The second-order valence-corrected chi connectivity index (χ2v) is 5.84. The van der Waals surface area contributed by atoms with Gasteiger partial charge in [-0.1, -0.05) is 48.5 Å². The molecule has 0 saturated heterocycles. The second kappa shape index (κ2) is 6.29. The van der Waals surface area contributed by atoms with Crippen molar-refractivity contribution in [1.82, 2.24) is 0 Å². The van der Waals surface area contributed by atoms with E-state index in [4.69, 9.17) is 0 Å². The van der Waals surface area contributed by atoms with Gasteiger partial charge in [-0.05, 0) is 50.5 Å². The minimum Gasteiger partial charge on any atom is -0.387 e. The number of halogens is 1. The number of benzene rings is 3. The number of aliphatic hydroxyl groups is 1. The highest BCUT2D eigenvalue weighted by atomic mass is 79.9. The lowest BCUT2D eigenvalue weighted by atomic mass is 10.0. The summed E-state index contributed by atoms with van der Waals surface area (Å²) in [4.78, 5) is 0. The third-order valence-corrected chi connectivity index (χ3v) is 4.21. The summed E-state index contributed by atoms with van der Waals surface area (Å²) in [7, 11) is 0.